The van der Waals surface area contributed by atoms with E-state index < -0.39 is 0 Å². The van der Waals surface area contributed by atoms with Crippen molar-refractivity contribution in [2.45, 2.75) is 39.2 Å². The minimum atomic E-state index is 0.848. The van der Waals surface area contributed by atoms with Crippen molar-refractivity contribution >= 4 is 0 Å². The van der Waals surface area contributed by atoms with Crippen LogP contribution in [0.15, 0.2) is 28.2 Å². The summed E-state index contributed by atoms with van der Waals surface area (Å²) in [5.41, 5.74) is 1.62. The van der Waals surface area contributed by atoms with Crippen LogP contribution in [0.4, 0.5) is 0 Å². The standard InChI is InChI=1S/C13H19NO/c1-11-6-7-13(15-11)10-14-9-8-12-4-2-3-5-12/h4,6-7,14H,2-3,5,8-10H2,1H3. The molecule has 1 heterocycles. The van der Waals surface area contributed by atoms with Gasteiger partial charge >= 0.3 is 0 Å². The fourth-order valence-electron chi connectivity index (χ4n) is 2.01. The van der Waals surface area contributed by atoms with E-state index in [2.05, 4.69) is 11.4 Å². The lowest BCUT2D eigenvalue weighted by Gasteiger charge is -2.03. The van der Waals surface area contributed by atoms with Gasteiger partial charge in [0, 0.05) is 0 Å². The monoisotopic (exact) mass is 205 g/mol. The predicted molar refractivity (Wildman–Crippen MR) is 61.7 cm³/mol. The minimum absolute atomic E-state index is 0.848. The number of allylic oxidation sites excluding steroid dienone is 1. The van der Waals surface area contributed by atoms with E-state index in [1.54, 1.807) is 5.57 Å². The lowest BCUT2D eigenvalue weighted by molar-refractivity contribution is 0.462. The molecule has 1 N–H and O–H groups in total. The zero-order valence-corrected chi connectivity index (χ0v) is 9.38. The summed E-state index contributed by atoms with van der Waals surface area (Å²) < 4.78 is 5.48. The van der Waals surface area contributed by atoms with Crippen molar-refractivity contribution in [3.8, 4) is 0 Å². The number of aryl methyl sites for hydroxylation is 1. The average molecular weight is 205 g/mol. The highest BCUT2D eigenvalue weighted by Crippen LogP contribution is 2.19. The molecule has 0 aliphatic heterocycles. The second-order valence-corrected chi connectivity index (χ2v) is 4.19. The smallest absolute Gasteiger partial charge is 0.117 e. The van der Waals surface area contributed by atoms with Crippen LogP contribution in [0, 0.1) is 6.92 Å². The van der Waals surface area contributed by atoms with Gasteiger partial charge in [0.05, 0.1) is 6.54 Å². The molecule has 2 rings (SSSR count). The first-order valence-corrected chi connectivity index (χ1v) is 5.78. The molecule has 0 fully saturated rings. The van der Waals surface area contributed by atoms with Gasteiger partial charge in [0.15, 0.2) is 0 Å². The molecule has 2 nitrogen and oxygen atoms in total. The van der Waals surface area contributed by atoms with Gasteiger partial charge in [-0.1, -0.05) is 11.6 Å². The molecule has 1 aliphatic carbocycles. The fourth-order valence-corrected chi connectivity index (χ4v) is 2.01. The Bertz CT molecular complexity index is 338. The van der Waals surface area contributed by atoms with Crippen molar-refractivity contribution in [3.63, 3.8) is 0 Å². The van der Waals surface area contributed by atoms with Crippen molar-refractivity contribution in [2.75, 3.05) is 6.54 Å². The molecular weight excluding hydrogens is 186 g/mol. The summed E-state index contributed by atoms with van der Waals surface area (Å²) in [6.45, 7) is 3.89. The van der Waals surface area contributed by atoms with Gasteiger partial charge in [0.2, 0.25) is 0 Å². The van der Waals surface area contributed by atoms with Crippen LogP contribution in [0.25, 0.3) is 0 Å². The van der Waals surface area contributed by atoms with Gasteiger partial charge in [-0.2, -0.15) is 0 Å². The molecule has 82 valence electrons. The van der Waals surface area contributed by atoms with Crippen molar-refractivity contribution in [3.05, 3.63) is 35.3 Å². The first-order chi connectivity index (χ1) is 7.34. The Hall–Kier alpha value is -1.02. The van der Waals surface area contributed by atoms with E-state index >= 15 is 0 Å². The zero-order chi connectivity index (χ0) is 10.5. The molecular formula is C13H19NO. The molecule has 1 aromatic heterocycles. The largest absolute Gasteiger partial charge is 0.465 e. The van der Waals surface area contributed by atoms with Crippen LogP contribution < -0.4 is 5.32 Å². The summed E-state index contributed by atoms with van der Waals surface area (Å²) in [7, 11) is 0. The predicted octanol–water partition coefficient (Wildman–Crippen LogP) is 3.18. The van der Waals surface area contributed by atoms with E-state index in [0.717, 1.165) is 24.6 Å². The number of hydrogen-bond acceptors (Lipinski definition) is 2. The summed E-state index contributed by atoms with van der Waals surface area (Å²) >= 11 is 0. The van der Waals surface area contributed by atoms with Crippen LogP contribution in [0.3, 0.4) is 0 Å². The number of furan rings is 1. The van der Waals surface area contributed by atoms with Gasteiger partial charge in [-0.15, -0.1) is 0 Å². The van der Waals surface area contributed by atoms with Gasteiger partial charge < -0.3 is 9.73 Å². The molecule has 15 heavy (non-hydrogen) atoms. The van der Waals surface area contributed by atoms with Gasteiger partial charge in [-0.3, -0.25) is 0 Å². The maximum atomic E-state index is 5.48. The maximum Gasteiger partial charge on any atom is 0.117 e. The number of hydrogen-bond donors (Lipinski definition) is 1. The van der Waals surface area contributed by atoms with Gasteiger partial charge in [0.1, 0.15) is 11.5 Å². The second kappa shape index (κ2) is 5.17. The van der Waals surface area contributed by atoms with E-state index in [-0.39, 0.29) is 0 Å². The Morgan fingerprint density at radius 3 is 3.00 bits per heavy atom. The Morgan fingerprint density at radius 1 is 1.40 bits per heavy atom. The minimum Gasteiger partial charge on any atom is -0.465 e. The highest BCUT2D eigenvalue weighted by molar-refractivity contribution is 5.08. The van der Waals surface area contributed by atoms with E-state index in [1.165, 1.54) is 25.7 Å². The van der Waals surface area contributed by atoms with Gasteiger partial charge in [0.25, 0.3) is 0 Å². The molecule has 1 aliphatic rings. The summed E-state index contributed by atoms with van der Waals surface area (Å²) in [5, 5.41) is 3.41. The summed E-state index contributed by atoms with van der Waals surface area (Å²) in [5.74, 6) is 2.03. The van der Waals surface area contributed by atoms with E-state index in [0.29, 0.717) is 0 Å². The number of rotatable bonds is 5. The van der Waals surface area contributed by atoms with Gasteiger partial charge in [-0.05, 0) is 51.3 Å². The van der Waals surface area contributed by atoms with Crippen LogP contribution >= 0.6 is 0 Å². The lowest BCUT2D eigenvalue weighted by Crippen LogP contribution is -2.14. The van der Waals surface area contributed by atoms with Crippen LogP contribution in [-0.4, -0.2) is 6.54 Å². The number of nitrogens with one attached hydrogen (secondary N) is 1. The Kier molecular flexibility index (Phi) is 3.62. The van der Waals surface area contributed by atoms with E-state index in [1.807, 2.05) is 19.1 Å². The molecule has 0 radical (unpaired) electrons. The average Bonchev–Trinajstić information content (AvgIpc) is 2.84. The summed E-state index contributed by atoms with van der Waals surface area (Å²) in [6.07, 6.45) is 7.53. The SMILES string of the molecule is Cc1ccc(CNCCC2=CCCC2)o1. The van der Waals surface area contributed by atoms with Crippen molar-refractivity contribution in [1.29, 1.82) is 0 Å². The molecule has 0 atom stereocenters. The van der Waals surface area contributed by atoms with Crippen LogP contribution in [0.1, 0.15) is 37.2 Å². The molecule has 0 amide bonds. The highest BCUT2D eigenvalue weighted by Gasteiger charge is 2.03. The third kappa shape index (κ3) is 3.24. The summed E-state index contributed by atoms with van der Waals surface area (Å²) in [4.78, 5) is 0. The van der Waals surface area contributed by atoms with Crippen LogP contribution in [0.2, 0.25) is 0 Å². The molecule has 0 saturated carbocycles. The third-order valence-corrected chi connectivity index (χ3v) is 2.85. The van der Waals surface area contributed by atoms with E-state index in [4.69, 9.17) is 4.42 Å². The first kappa shape index (κ1) is 10.5. The lowest BCUT2D eigenvalue weighted by atomic mass is 10.2. The molecule has 0 bridgehead atoms. The van der Waals surface area contributed by atoms with Crippen molar-refractivity contribution in [2.24, 2.45) is 0 Å². The second-order valence-electron chi connectivity index (χ2n) is 4.19. The molecule has 2 heteroatoms. The van der Waals surface area contributed by atoms with Crippen LogP contribution in [0.5, 0.6) is 0 Å². The molecule has 0 spiro atoms. The fraction of sp³-hybridized carbons (Fsp3) is 0.538. The molecule has 0 unspecified atom stereocenters. The third-order valence-electron chi connectivity index (χ3n) is 2.85. The van der Waals surface area contributed by atoms with Crippen molar-refractivity contribution < 1.29 is 4.42 Å². The summed E-state index contributed by atoms with van der Waals surface area (Å²) in [6, 6.07) is 4.05. The topological polar surface area (TPSA) is 25.2 Å². The van der Waals surface area contributed by atoms with Crippen LogP contribution in [-0.2, 0) is 6.54 Å². The maximum absolute atomic E-state index is 5.48. The Balaban J connectivity index is 1.62. The normalized spacial score (nSPS) is 15.7. The molecule has 1 aromatic rings. The molecule has 0 saturated heterocycles. The Morgan fingerprint density at radius 2 is 2.33 bits per heavy atom. The Labute approximate surface area is 91.4 Å². The van der Waals surface area contributed by atoms with E-state index in [9.17, 15) is 0 Å². The van der Waals surface area contributed by atoms with Crippen molar-refractivity contribution in [1.82, 2.24) is 5.32 Å². The quantitative estimate of drug-likeness (QED) is 0.590. The molecule has 0 aromatic carbocycles. The van der Waals surface area contributed by atoms with Gasteiger partial charge in [-0.25, -0.2) is 0 Å². The first-order valence-electron chi connectivity index (χ1n) is 5.78. The zero-order valence-electron chi connectivity index (χ0n) is 9.38. The highest BCUT2D eigenvalue weighted by atomic mass is 16.3.